The lowest BCUT2D eigenvalue weighted by Crippen LogP contribution is -2.32. The molecule has 9 heteroatoms. The highest BCUT2D eigenvalue weighted by Gasteiger charge is 2.19. The number of hydrogen-bond donors (Lipinski definition) is 2. The number of nitrogens with one attached hydrogen (secondary N) is 1. The van der Waals surface area contributed by atoms with Gasteiger partial charge in [0.15, 0.2) is 0 Å². The van der Waals surface area contributed by atoms with Crippen molar-refractivity contribution in [2.75, 3.05) is 19.9 Å². The summed E-state index contributed by atoms with van der Waals surface area (Å²) in [5, 5.41) is 23.1. The topological polar surface area (TPSA) is 111 Å². The van der Waals surface area contributed by atoms with E-state index in [1.54, 1.807) is 7.11 Å². The monoisotopic (exact) mass is 422 g/mol. The number of hydrogen-bond acceptors (Lipinski definition) is 7. The molecule has 0 fully saturated rings. The average molecular weight is 423 g/mol. The van der Waals surface area contributed by atoms with E-state index < -0.39 is 22.0 Å². The zero-order chi connectivity index (χ0) is 21.4. The fourth-order valence-corrected chi connectivity index (χ4v) is 3.53. The lowest BCUT2D eigenvalue weighted by atomic mass is 10.0. The van der Waals surface area contributed by atoms with Crippen LogP contribution in [0.2, 0.25) is 0 Å². The number of rotatable bonds is 11. The largest absolute Gasteiger partial charge is 0.507 e. The molecule has 0 aliphatic carbocycles. The molecule has 2 aromatic rings. The van der Waals surface area contributed by atoms with E-state index in [0.29, 0.717) is 5.56 Å². The van der Waals surface area contributed by atoms with Crippen LogP contribution in [0.25, 0.3) is 0 Å². The lowest BCUT2D eigenvalue weighted by Gasteiger charge is -2.20. The van der Waals surface area contributed by atoms with Crippen LogP contribution in [0.4, 0.5) is 0 Å². The Morgan fingerprint density at radius 3 is 2.52 bits per heavy atom. The molecule has 8 nitrogen and oxygen atoms in total. The fraction of sp³-hybridized carbons (Fsp3) is 0.400. The van der Waals surface area contributed by atoms with E-state index in [0.717, 1.165) is 18.6 Å². The molecule has 0 aliphatic rings. The van der Waals surface area contributed by atoms with E-state index in [1.165, 1.54) is 30.0 Å². The molecule has 3 atom stereocenters. The summed E-state index contributed by atoms with van der Waals surface area (Å²) in [6, 6.07) is 12.3. The summed E-state index contributed by atoms with van der Waals surface area (Å²) in [6.45, 7) is 2.20. The van der Waals surface area contributed by atoms with Gasteiger partial charge in [0.2, 0.25) is 0 Å². The van der Waals surface area contributed by atoms with Crippen molar-refractivity contribution in [3.63, 3.8) is 0 Å². The van der Waals surface area contributed by atoms with E-state index in [9.17, 15) is 19.4 Å². The molecule has 29 heavy (non-hydrogen) atoms. The molecule has 0 bridgehead atoms. The fourth-order valence-electron chi connectivity index (χ4n) is 2.87. The van der Waals surface area contributed by atoms with Gasteiger partial charge in [-0.15, -0.1) is 10.1 Å². The van der Waals surface area contributed by atoms with Crippen molar-refractivity contribution >= 4 is 10.8 Å². The molecule has 0 radical (unpaired) electrons. The highest BCUT2D eigenvalue weighted by molar-refractivity contribution is 7.84. The van der Waals surface area contributed by atoms with Crippen molar-refractivity contribution in [1.29, 1.82) is 0 Å². The zero-order valence-corrected chi connectivity index (χ0v) is 17.5. The Morgan fingerprint density at radius 1 is 1.24 bits per heavy atom. The molecule has 3 unspecified atom stereocenters. The van der Waals surface area contributed by atoms with E-state index in [4.69, 9.17) is 9.57 Å². The zero-order valence-electron chi connectivity index (χ0n) is 16.7. The minimum absolute atomic E-state index is 0.0897. The van der Waals surface area contributed by atoms with Crippen LogP contribution in [0.15, 0.2) is 47.4 Å². The molecule has 2 rings (SSSR count). The summed E-state index contributed by atoms with van der Waals surface area (Å²) in [5.41, 5.74) is 1.64. The van der Waals surface area contributed by atoms with Crippen molar-refractivity contribution in [3.8, 4) is 11.5 Å². The highest BCUT2D eigenvalue weighted by atomic mass is 32.2. The molecule has 158 valence electrons. The number of aryl methyl sites for hydroxylation is 1. The second kappa shape index (κ2) is 10.8. The maximum atomic E-state index is 11.7. The molecule has 0 saturated carbocycles. The van der Waals surface area contributed by atoms with Gasteiger partial charge >= 0.3 is 0 Å². The van der Waals surface area contributed by atoms with E-state index in [1.807, 2.05) is 31.2 Å². The molecule has 0 aliphatic heterocycles. The number of aromatic hydroxyl groups is 1. The molecular weight excluding hydrogens is 396 g/mol. The molecule has 0 heterocycles. The Morgan fingerprint density at radius 2 is 1.93 bits per heavy atom. The van der Waals surface area contributed by atoms with Crippen LogP contribution in [-0.4, -0.2) is 40.4 Å². The predicted molar refractivity (Wildman–Crippen MR) is 110 cm³/mol. The number of ether oxygens (including phenoxy) is 1. The quantitative estimate of drug-likeness (QED) is 0.423. The third kappa shape index (κ3) is 7.03. The minimum Gasteiger partial charge on any atom is -0.507 e. The second-order valence-corrected chi connectivity index (χ2v) is 8.04. The Bertz CT molecular complexity index is 843. The maximum absolute atomic E-state index is 11.7. The van der Waals surface area contributed by atoms with Gasteiger partial charge in [0.05, 0.1) is 22.8 Å². The van der Waals surface area contributed by atoms with Crippen LogP contribution in [-0.2, 0) is 22.1 Å². The van der Waals surface area contributed by atoms with Gasteiger partial charge in [-0.05, 0) is 55.2 Å². The summed E-state index contributed by atoms with van der Waals surface area (Å²) in [4.78, 5) is 15.9. The smallest absolute Gasteiger partial charge is 0.295 e. The number of nitrogens with zero attached hydrogens (tertiary/aromatic N) is 1. The molecule has 2 N–H and O–H groups in total. The van der Waals surface area contributed by atoms with Crippen LogP contribution in [0.5, 0.6) is 11.5 Å². The third-order valence-electron chi connectivity index (χ3n) is 4.56. The first-order chi connectivity index (χ1) is 13.8. The minimum atomic E-state index is -1.42. The second-order valence-electron chi connectivity index (χ2n) is 6.69. The lowest BCUT2D eigenvalue weighted by molar-refractivity contribution is -0.770. The normalized spacial score (nSPS) is 14.0. The van der Waals surface area contributed by atoms with Crippen LogP contribution >= 0.6 is 0 Å². The van der Waals surface area contributed by atoms with Gasteiger partial charge in [-0.2, -0.15) is 0 Å². The van der Waals surface area contributed by atoms with Crippen LogP contribution in [0.3, 0.4) is 0 Å². The summed E-state index contributed by atoms with van der Waals surface area (Å²) in [5.74, 6) is 0.691. The van der Waals surface area contributed by atoms with Crippen molar-refractivity contribution < 1.29 is 24.0 Å². The first-order valence-corrected chi connectivity index (χ1v) is 10.7. The molecule has 0 aromatic heterocycles. The van der Waals surface area contributed by atoms with Crippen molar-refractivity contribution in [1.82, 2.24) is 5.32 Å². The van der Waals surface area contributed by atoms with Crippen molar-refractivity contribution in [2.45, 2.75) is 36.8 Å². The Labute approximate surface area is 172 Å². The number of methoxy groups -OCH3 is 1. The van der Waals surface area contributed by atoms with Crippen LogP contribution in [0.1, 0.15) is 30.6 Å². The van der Waals surface area contributed by atoms with E-state index >= 15 is 0 Å². The molecule has 2 aromatic carbocycles. The summed E-state index contributed by atoms with van der Waals surface area (Å²) < 4.78 is 16.9. The van der Waals surface area contributed by atoms with E-state index in [-0.39, 0.29) is 23.2 Å². The summed E-state index contributed by atoms with van der Waals surface area (Å²) in [7, 11) is 0.200. The average Bonchev–Trinajstić information content (AvgIpc) is 2.69. The molecule has 0 amide bonds. The number of phenolic OH excluding ortho intramolecular Hbond substituents is 1. The predicted octanol–water partition coefficient (Wildman–Crippen LogP) is 3.00. The molecule has 0 spiro atoms. The Balaban J connectivity index is 1.98. The maximum Gasteiger partial charge on any atom is 0.295 e. The van der Waals surface area contributed by atoms with E-state index in [2.05, 4.69) is 5.32 Å². The Hall–Kier alpha value is -2.65. The van der Waals surface area contributed by atoms with Gasteiger partial charge in [0.25, 0.3) is 5.09 Å². The van der Waals surface area contributed by atoms with Crippen LogP contribution in [0, 0.1) is 10.1 Å². The summed E-state index contributed by atoms with van der Waals surface area (Å²) in [6.07, 6.45) is 2.23. The third-order valence-corrected chi connectivity index (χ3v) is 5.50. The molecule has 0 saturated heterocycles. The van der Waals surface area contributed by atoms with Gasteiger partial charge in [0, 0.05) is 18.8 Å². The van der Waals surface area contributed by atoms with Crippen molar-refractivity contribution in [2.24, 2.45) is 0 Å². The van der Waals surface area contributed by atoms with Crippen LogP contribution < -0.4 is 10.1 Å². The summed E-state index contributed by atoms with van der Waals surface area (Å²) >= 11 is 0. The molecular formula is C20H26N2O6S. The van der Waals surface area contributed by atoms with Gasteiger partial charge < -0.3 is 20.0 Å². The van der Waals surface area contributed by atoms with Gasteiger partial charge in [0.1, 0.15) is 17.6 Å². The SMILES string of the molecule is COc1ccc(CCC(C)NCC(O[N+](=O)[O-])c2ccc(O)c(S(C)=O)c2)cc1. The Kier molecular flexibility index (Phi) is 8.41. The number of phenols is 1. The van der Waals surface area contributed by atoms with Gasteiger partial charge in [-0.3, -0.25) is 4.21 Å². The highest BCUT2D eigenvalue weighted by Crippen LogP contribution is 2.26. The van der Waals surface area contributed by atoms with Crippen molar-refractivity contribution in [3.05, 3.63) is 63.7 Å². The van der Waals surface area contributed by atoms with Gasteiger partial charge in [-0.25, -0.2) is 0 Å². The first-order valence-electron chi connectivity index (χ1n) is 9.14. The standard InChI is InChI=1S/C20H26N2O6S/c1-14(4-5-15-6-9-17(27-2)10-7-15)21-13-19(28-22(24)25)16-8-11-18(23)20(12-16)29(3)26/h6-12,14,19,21,23H,4-5,13H2,1-3H3. The van der Waals surface area contributed by atoms with Gasteiger partial charge in [-0.1, -0.05) is 18.2 Å². The first kappa shape index (κ1) is 22.6. The number of benzene rings is 2.